The number of anilines is 1. The lowest BCUT2D eigenvalue weighted by Crippen LogP contribution is -2.29. The van der Waals surface area contributed by atoms with Crippen LogP contribution in [-0.2, 0) is 4.79 Å². The van der Waals surface area contributed by atoms with Gasteiger partial charge in [0, 0.05) is 11.1 Å². The third-order valence-electron chi connectivity index (χ3n) is 3.59. The largest absolute Gasteiger partial charge is 0.295 e. The highest BCUT2D eigenvalue weighted by atomic mass is 32.1. The normalized spacial score (nSPS) is 10.9. The molecule has 2 amide bonds. The first-order valence-electron chi connectivity index (χ1n) is 8.21. The fraction of sp³-hybridized carbons (Fsp3) is 0.0526. The highest BCUT2D eigenvalue weighted by Crippen LogP contribution is 2.10. The molecule has 28 heavy (non-hydrogen) atoms. The summed E-state index contributed by atoms with van der Waals surface area (Å²) in [5.74, 6) is -1.44. The first-order chi connectivity index (χ1) is 13.6. The van der Waals surface area contributed by atoms with Crippen molar-refractivity contribution in [3.8, 4) is 0 Å². The number of Topliss-reactive ketones (excluding diaryl/α,β-unsaturated/α-hetero) is 1. The number of nitrogens with one attached hydrogen (secondary N) is 2. The van der Waals surface area contributed by atoms with E-state index in [2.05, 4.69) is 26.0 Å². The van der Waals surface area contributed by atoms with Gasteiger partial charge < -0.3 is 0 Å². The monoisotopic (exact) mass is 393 g/mol. The van der Waals surface area contributed by atoms with E-state index in [9.17, 15) is 14.4 Å². The highest BCUT2D eigenvalue weighted by molar-refractivity contribution is 7.13. The molecule has 0 saturated carbocycles. The van der Waals surface area contributed by atoms with Crippen LogP contribution in [0, 0.1) is 0 Å². The molecular weight excluding hydrogens is 378 g/mol. The second-order valence-corrected chi connectivity index (χ2v) is 6.36. The van der Waals surface area contributed by atoms with E-state index >= 15 is 0 Å². The molecule has 1 aromatic heterocycles. The average molecular weight is 393 g/mol. The molecule has 2 aromatic carbocycles. The van der Waals surface area contributed by atoms with Gasteiger partial charge in [0.1, 0.15) is 11.2 Å². The molecule has 0 spiro atoms. The number of carbonyl (C=O) groups is 3. The van der Waals surface area contributed by atoms with Crippen LogP contribution in [0.25, 0.3) is 0 Å². The minimum absolute atomic E-state index is 0.145. The van der Waals surface area contributed by atoms with Gasteiger partial charge in [-0.15, -0.1) is 10.2 Å². The van der Waals surface area contributed by atoms with Crippen molar-refractivity contribution in [1.82, 2.24) is 15.6 Å². The standard InChI is InChI=1S/C19H15N5O3S/c25-16(13-7-3-1-4-8-13)11-15(18(27)21-19-24-20-12-28-19)22-23-17(26)14-9-5-2-6-10-14/h1-10,12H,11H2,(H,23,26)(H,21,24,27). The molecular formula is C19H15N5O3S. The zero-order valence-corrected chi connectivity index (χ0v) is 15.3. The van der Waals surface area contributed by atoms with Gasteiger partial charge in [0.2, 0.25) is 5.13 Å². The van der Waals surface area contributed by atoms with Crippen molar-refractivity contribution < 1.29 is 14.4 Å². The number of hydrazone groups is 1. The topological polar surface area (TPSA) is 113 Å². The Kier molecular flexibility index (Phi) is 6.32. The van der Waals surface area contributed by atoms with Crippen molar-refractivity contribution in [3.05, 3.63) is 77.3 Å². The van der Waals surface area contributed by atoms with Crippen LogP contribution in [0.2, 0.25) is 0 Å². The third-order valence-corrected chi connectivity index (χ3v) is 4.20. The van der Waals surface area contributed by atoms with E-state index in [1.54, 1.807) is 60.7 Å². The maximum Gasteiger partial charge on any atom is 0.274 e. The fourth-order valence-corrected chi connectivity index (χ4v) is 2.66. The van der Waals surface area contributed by atoms with Crippen LogP contribution in [0.1, 0.15) is 27.1 Å². The van der Waals surface area contributed by atoms with Crippen LogP contribution in [0.4, 0.5) is 5.13 Å². The number of hydrogen-bond acceptors (Lipinski definition) is 7. The van der Waals surface area contributed by atoms with Gasteiger partial charge in [0.15, 0.2) is 5.78 Å². The second kappa shape index (κ2) is 9.28. The molecule has 1 heterocycles. The average Bonchev–Trinajstić information content (AvgIpc) is 3.25. The van der Waals surface area contributed by atoms with Crippen LogP contribution >= 0.6 is 11.3 Å². The molecule has 0 aliphatic carbocycles. The Hall–Kier alpha value is -3.72. The number of ketones is 1. The number of rotatable bonds is 7. The Morgan fingerprint density at radius 1 is 0.929 bits per heavy atom. The van der Waals surface area contributed by atoms with E-state index in [0.29, 0.717) is 11.1 Å². The zero-order valence-electron chi connectivity index (χ0n) is 14.5. The smallest absolute Gasteiger partial charge is 0.274 e. The zero-order chi connectivity index (χ0) is 19.8. The Balaban J connectivity index is 1.77. The molecule has 0 fully saturated rings. The quantitative estimate of drug-likeness (QED) is 0.364. The molecule has 0 bridgehead atoms. The molecule has 0 aliphatic rings. The van der Waals surface area contributed by atoms with Gasteiger partial charge in [-0.3, -0.25) is 19.7 Å². The van der Waals surface area contributed by atoms with Gasteiger partial charge in [-0.2, -0.15) is 5.10 Å². The Morgan fingerprint density at radius 2 is 1.57 bits per heavy atom. The Labute approximate surface area is 164 Å². The third kappa shape index (κ3) is 5.15. The molecule has 0 atom stereocenters. The predicted octanol–water partition coefficient (Wildman–Crippen LogP) is 2.54. The molecule has 0 unspecified atom stereocenters. The molecule has 9 heteroatoms. The molecule has 2 N–H and O–H groups in total. The molecule has 0 aliphatic heterocycles. The molecule has 3 aromatic rings. The van der Waals surface area contributed by atoms with Crippen LogP contribution < -0.4 is 10.7 Å². The highest BCUT2D eigenvalue weighted by Gasteiger charge is 2.19. The van der Waals surface area contributed by atoms with Crippen molar-refractivity contribution in [2.75, 3.05) is 5.32 Å². The number of hydrogen-bond donors (Lipinski definition) is 2. The summed E-state index contributed by atoms with van der Waals surface area (Å²) in [6, 6.07) is 16.9. The van der Waals surface area contributed by atoms with Gasteiger partial charge >= 0.3 is 0 Å². The van der Waals surface area contributed by atoms with Gasteiger partial charge in [-0.25, -0.2) is 5.43 Å². The van der Waals surface area contributed by atoms with Gasteiger partial charge in [0.05, 0.1) is 6.42 Å². The van der Waals surface area contributed by atoms with Crippen LogP contribution in [0.15, 0.2) is 71.3 Å². The molecule has 0 radical (unpaired) electrons. The van der Waals surface area contributed by atoms with Gasteiger partial charge in [-0.05, 0) is 12.1 Å². The van der Waals surface area contributed by atoms with Crippen molar-refractivity contribution in [1.29, 1.82) is 0 Å². The van der Waals surface area contributed by atoms with Crippen LogP contribution in [0.3, 0.4) is 0 Å². The molecule has 3 rings (SSSR count). The predicted molar refractivity (Wildman–Crippen MR) is 105 cm³/mol. The van der Waals surface area contributed by atoms with Crippen molar-refractivity contribution >= 4 is 39.8 Å². The summed E-state index contributed by atoms with van der Waals surface area (Å²) in [6.07, 6.45) is -0.288. The summed E-state index contributed by atoms with van der Waals surface area (Å²) >= 11 is 1.12. The summed E-state index contributed by atoms with van der Waals surface area (Å²) in [7, 11) is 0. The summed E-state index contributed by atoms with van der Waals surface area (Å²) in [4.78, 5) is 37.2. The lowest BCUT2D eigenvalue weighted by Gasteiger charge is -2.07. The number of benzene rings is 2. The van der Waals surface area contributed by atoms with E-state index in [4.69, 9.17) is 0 Å². The van der Waals surface area contributed by atoms with E-state index in [1.165, 1.54) is 5.51 Å². The van der Waals surface area contributed by atoms with Crippen molar-refractivity contribution in [2.24, 2.45) is 5.10 Å². The van der Waals surface area contributed by atoms with E-state index < -0.39 is 11.8 Å². The fourth-order valence-electron chi connectivity index (χ4n) is 2.22. The first-order valence-corrected chi connectivity index (χ1v) is 9.09. The summed E-state index contributed by atoms with van der Waals surface area (Å²) in [5, 5.41) is 14.0. The van der Waals surface area contributed by atoms with Crippen LogP contribution in [0.5, 0.6) is 0 Å². The number of carbonyl (C=O) groups excluding carboxylic acids is 3. The Bertz CT molecular complexity index is 989. The second-order valence-electron chi connectivity index (χ2n) is 5.53. The van der Waals surface area contributed by atoms with E-state index in [-0.39, 0.29) is 23.0 Å². The lowest BCUT2D eigenvalue weighted by atomic mass is 10.1. The summed E-state index contributed by atoms with van der Waals surface area (Å²) in [5.41, 5.74) is 4.45. The minimum atomic E-state index is -0.644. The molecule has 140 valence electrons. The molecule has 0 saturated heterocycles. The maximum absolute atomic E-state index is 12.5. The maximum atomic E-state index is 12.5. The van der Waals surface area contributed by atoms with Gasteiger partial charge in [-0.1, -0.05) is 59.9 Å². The SMILES string of the molecule is O=C(Nc1nncs1)C(CC(=O)c1ccccc1)=NNC(=O)c1ccccc1. The number of amides is 2. The molecule has 8 nitrogen and oxygen atoms in total. The first kappa shape index (κ1) is 19.1. The van der Waals surface area contributed by atoms with Gasteiger partial charge in [0.25, 0.3) is 11.8 Å². The summed E-state index contributed by atoms with van der Waals surface area (Å²) in [6.45, 7) is 0. The van der Waals surface area contributed by atoms with Crippen molar-refractivity contribution in [3.63, 3.8) is 0 Å². The Morgan fingerprint density at radius 3 is 2.18 bits per heavy atom. The number of aromatic nitrogens is 2. The van der Waals surface area contributed by atoms with E-state index in [0.717, 1.165) is 11.3 Å². The number of nitrogens with zero attached hydrogens (tertiary/aromatic N) is 3. The van der Waals surface area contributed by atoms with Crippen molar-refractivity contribution in [2.45, 2.75) is 6.42 Å². The van der Waals surface area contributed by atoms with E-state index in [1.807, 2.05) is 0 Å². The summed E-state index contributed by atoms with van der Waals surface area (Å²) < 4.78 is 0. The lowest BCUT2D eigenvalue weighted by molar-refractivity contribution is -0.110. The van der Waals surface area contributed by atoms with Crippen LogP contribution in [-0.4, -0.2) is 33.5 Å². The minimum Gasteiger partial charge on any atom is -0.295 e.